The lowest BCUT2D eigenvalue weighted by atomic mass is 10.1. The number of anilines is 1. The number of benzene rings is 3. The zero-order valence-electron chi connectivity index (χ0n) is 21.5. The van der Waals surface area contributed by atoms with Crippen molar-refractivity contribution in [3.63, 3.8) is 0 Å². The number of carbonyl (C=O) groups excluding carboxylic acids is 3. The first-order valence-corrected chi connectivity index (χ1v) is 14.4. The fourth-order valence-electron chi connectivity index (χ4n) is 3.74. The quantitative estimate of drug-likeness (QED) is 0.191. The molecule has 3 amide bonds. The minimum atomic E-state index is -0.348. The maximum Gasteiger partial charge on any atom is 0.293 e. The van der Waals surface area contributed by atoms with E-state index in [4.69, 9.17) is 21.1 Å². The van der Waals surface area contributed by atoms with Crippen molar-refractivity contribution in [2.24, 2.45) is 0 Å². The largest absolute Gasteiger partial charge is 0.490 e. The van der Waals surface area contributed by atoms with Gasteiger partial charge in [-0.05, 0) is 102 Å². The van der Waals surface area contributed by atoms with Gasteiger partial charge in [0.25, 0.3) is 17.1 Å². The number of ether oxygens (including phenoxy) is 2. The second-order valence-corrected chi connectivity index (χ2v) is 11.4. The molecular formula is C29H26ClIN2O5S. The van der Waals surface area contributed by atoms with Crippen LogP contribution in [0, 0.1) is 17.4 Å². The molecule has 0 atom stereocenters. The molecule has 1 fully saturated rings. The third-order valence-corrected chi connectivity index (χ3v) is 7.88. The summed E-state index contributed by atoms with van der Waals surface area (Å²) in [5, 5.41) is 3.01. The Kier molecular flexibility index (Phi) is 9.58. The number of halogens is 2. The van der Waals surface area contributed by atoms with Crippen LogP contribution in [0.1, 0.15) is 29.2 Å². The fourth-order valence-corrected chi connectivity index (χ4v) is 5.54. The summed E-state index contributed by atoms with van der Waals surface area (Å²) in [6, 6.07) is 16.5. The summed E-state index contributed by atoms with van der Waals surface area (Å²) in [6.07, 6.45) is 1.67. The van der Waals surface area contributed by atoms with E-state index in [0.29, 0.717) is 42.9 Å². The molecule has 202 valence electrons. The third kappa shape index (κ3) is 7.34. The molecule has 4 rings (SSSR count). The molecule has 0 radical (unpaired) electrons. The van der Waals surface area contributed by atoms with Crippen LogP contribution in [0.2, 0.25) is 5.02 Å². The normalized spacial score (nSPS) is 14.2. The average molecular weight is 677 g/mol. The highest BCUT2D eigenvalue weighted by atomic mass is 127. The lowest BCUT2D eigenvalue weighted by molar-refractivity contribution is -0.123. The molecule has 0 aliphatic carbocycles. The van der Waals surface area contributed by atoms with Crippen LogP contribution in [0.4, 0.5) is 10.5 Å². The molecule has 1 aliphatic heterocycles. The van der Waals surface area contributed by atoms with Crippen LogP contribution in [-0.2, 0) is 16.1 Å². The fraction of sp³-hybridized carbons (Fsp3) is 0.207. The Morgan fingerprint density at radius 1 is 1.08 bits per heavy atom. The summed E-state index contributed by atoms with van der Waals surface area (Å²) in [4.78, 5) is 39.7. The Hall–Kier alpha value is -3.02. The summed E-state index contributed by atoms with van der Waals surface area (Å²) in [5.41, 5.74) is 4.16. The van der Waals surface area contributed by atoms with Gasteiger partial charge >= 0.3 is 0 Å². The second kappa shape index (κ2) is 12.9. The maximum atomic E-state index is 13.0. The Bertz CT molecular complexity index is 1460. The van der Waals surface area contributed by atoms with Crippen molar-refractivity contribution in [2.75, 3.05) is 18.5 Å². The van der Waals surface area contributed by atoms with E-state index in [9.17, 15) is 14.4 Å². The van der Waals surface area contributed by atoms with Gasteiger partial charge in [-0.3, -0.25) is 19.3 Å². The van der Waals surface area contributed by atoms with Crippen molar-refractivity contribution in [1.29, 1.82) is 0 Å². The summed E-state index contributed by atoms with van der Waals surface area (Å²) in [6.45, 7) is 6.06. The summed E-state index contributed by atoms with van der Waals surface area (Å²) >= 11 is 9.14. The van der Waals surface area contributed by atoms with Gasteiger partial charge in [-0.25, -0.2) is 0 Å². The van der Waals surface area contributed by atoms with E-state index in [1.54, 1.807) is 24.3 Å². The Morgan fingerprint density at radius 3 is 2.51 bits per heavy atom. The highest BCUT2D eigenvalue weighted by Gasteiger charge is 2.35. The molecule has 0 unspecified atom stereocenters. The molecule has 1 saturated heterocycles. The SMILES string of the molecule is CCOc1cc(/C=C2\SC(=O)N(Cc3ccc(C)cc3)C2=O)cc(I)c1OCC(=O)Nc1ccc(C)c(Cl)c1. The molecule has 10 heteroatoms. The minimum Gasteiger partial charge on any atom is -0.490 e. The van der Waals surface area contributed by atoms with E-state index < -0.39 is 0 Å². The van der Waals surface area contributed by atoms with Crippen LogP contribution < -0.4 is 14.8 Å². The predicted molar refractivity (Wildman–Crippen MR) is 163 cm³/mol. The molecule has 0 spiro atoms. The van der Waals surface area contributed by atoms with Gasteiger partial charge in [-0.15, -0.1) is 0 Å². The van der Waals surface area contributed by atoms with Gasteiger partial charge < -0.3 is 14.8 Å². The zero-order valence-corrected chi connectivity index (χ0v) is 25.3. The van der Waals surface area contributed by atoms with Crippen LogP contribution in [0.5, 0.6) is 11.5 Å². The van der Waals surface area contributed by atoms with Crippen LogP contribution in [0.25, 0.3) is 6.08 Å². The second-order valence-electron chi connectivity index (χ2n) is 8.82. The number of thioether (sulfide) groups is 1. The highest BCUT2D eigenvalue weighted by molar-refractivity contribution is 14.1. The number of rotatable bonds is 9. The topological polar surface area (TPSA) is 84.9 Å². The first-order valence-electron chi connectivity index (χ1n) is 12.1. The molecule has 1 N–H and O–H groups in total. The van der Waals surface area contributed by atoms with Crippen LogP contribution in [0.3, 0.4) is 0 Å². The Labute approximate surface area is 250 Å². The molecular weight excluding hydrogens is 651 g/mol. The van der Waals surface area contributed by atoms with E-state index >= 15 is 0 Å². The first-order chi connectivity index (χ1) is 18.6. The number of nitrogens with one attached hydrogen (secondary N) is 1. The minimum absolute atomic E-state index is 0.216. The predicted octanol–water partition coefficient (Wildman–Crippen LogP) is 7.21. The molecule has 0 saturated carbocycles. The molecule has 1 heterocycles. The van der Waals surface area contributed by atoms with Gasteiger partial charge in [0.15, 0.2) is 18.1 Å². The number of hydrogen-bond donors (Lipinski definition) is 1. The smallest absolute Gasteiger partial charge is 0.293 e. The maximum absolute atomic E-state index is 13.0. The van der Waals surface area contributed by atoms with Crippen LogP contribution >= 0.6 is 46.0 Å². The van der Waals surface area contributed by atoms with Gasteiger partial charge in [-0.2, -0.15) is 0 Å². The van der Waals surface area contributed by atoms with Gasteiger partial charge in [0.05, 0.1) is 21.6 Å². The first kappa shape index (κ1) is 29.0. The van der Waals surface area contributed by atoms with Crippen molar-refractivity contribution in [1.82, 2.24) is 4.90 Å². The lowest BCUT2D eigenvalue weighted by Crippen LogP contribution is -2.27. The van der Waals surface area contributed by atoms with E-state index in [1.807, 2.05) is 57.2 Å². The molecule has 3 aromatic carbocycles. The highest BCUT2D eigenvalue weighted by Crippen LogP contribution is 2.38. The Morgan fingerprint density at radius 2 is 1.82 bits per heavy atom. The summed E-state index contributed by atoms with van der Waals surface area (Å²) < 4.78 is 12.3. The zero-order chi connectivity index (χ0) is 28.1. The van der Waals surface area contributed by atoms with Gasteiger partial charge in [0.2, 0.25) is 0 Å². The third-order valence-electron chi connectivity index (χ3n) is 5.77. The van der Waals surface area contributed by atoms with Crippen LogP contribution in [-0.4, -0.2) is 35.2 Å². The number of imide groups is 1. The summed E-state index contributed by atoms with van der Waals surface area (Å²) in [7, 11) is 0. The Balaban J connectivity index is 1.48. The van der Waals surface area contributed by atoms with E-state index in [0.717, 1.165) is 28.5 Å². The molecule has 0 aromatic heterocycles. The molecule has 1 aliphatic rings. The standard InChI is InChI=1S/C29H26ClIN2O5S/c1-4-37-24-12-20(13-25-28(35)33(29(36)39-25)15-19-8-5-17(2)6-9-19)11-23(31)27(24)38-16-26(34)32-21-10-7-18(3)22(30)14-21/h5-14H,4,15-16H2,1-3H3,(H,32,34)/b25-13-. The average Bonchev–Trinajstić information content (AvgIpc) is 3.14. The number of hydrogen-bond acceptors (Lipinski definition) is 6. The van der Waals surface area contributed by atoms with E-state index in [-0.39, 0.29) is 30.2 Å². The molecule has 0 bridgehead atoms. The number of aryl methyl sites for hydroxylation is 2. The molecule has 7 nitrogen and oxygen atoms in total. The lowest BCUT2D eigenvalue weighted by Gasteiger charge is -2.15. The van der Waals surface area contributed by atoms with Gasteiger partial charge in [0.1, 0.15) is 0 Å². The van der Waals surface area contributed by atoms with Crippen molar-refractivity contribution in [3.05, 3.63) is 90.3 Å². The number of carbonyl (C=O) groups is 3. The van der Waals surface area contributed by atoms with E-state index in [2.05, 4.69) is 27.9 Å². The van der Waals surface area contributed by atoms with Crippen molar-refractivity contribution in [3.8, 4) is 11.5 Å². The number of nitrogens with zero attached hydrogens (tertiary/aromatic N) is 1. The monoisotopic (exact) mass is 676 g/mol. The van der Waals surface area contributed by atoms with Crippen molar-refractivity contribution in [2.45, 2.75) is 27.3 Å². The number of amides is 3. The van der Waals surface area contributed by atoms with E-state index in [1.165, 1.54) is 4.90 Å². The van der Waals surface area contributed by atoms with Crippen molar-refractivity contribution < 1.29 is 23.9 Å². The van der Waals surface area contributed by atoms with Crippen LogP contribution in [0.15, 0.2) is 59.5 Å². The van der Waals surface area contributed by atoms with Gasteiger partial charge in [-0.1, -0.05) is 47.5 Å². The summed E-state index contributed by atoms with van der Waals surface area (Å²) in [5.74, 6) is 0.158. The molecule has 3 aromatic rings. The van der Waals surface area contributed by atoms with Gasteiger partial charge in [0, 0.05) is 10.7 Å². The van der Waals surface area contributed by atoms with Crippen molar-refractivity contribution >= 4 is 74.8 Å². The molecule has 39 heavy (non-hydrogen) atoms.